The molecule has 0 fully saturated rings. The zero-order valence-corrected chi connectivity index (χ0v) is 14.0. The number of halogens is 1. The van der Waals surface area contributed by atoms with Gasteiger partial charge in [-0.05, 0) is 29.8 Å². The molecule has 25 heavy (non-hydrogen) atoms. The van der Waals surface area contributed by atoms with E-state index in [9.17, 15) is 22.7 Å². The van der Waals surface area contributed by atoms with E-state index < -0.39 is 32.3 Å². The molecule has 0 unspecified atom stereocenters. The standard InChI is InChI=1S/C16H16FNO6S/c1-23-12-3-2-4-13(10-12)24-8-7-18-25(21,22)15-9-11(16(19)20)5-6-14(15)17/h2-6,9-10,18H,7-8H2,1H3,(H,19,20)/p-1. The molecule has 2 aromatic carbocycles. The number of carbonyl (C=O) groups excluding carboxylic acids is 1. The number of benzene rings is 2. The minimum atomic E-state index is -4.24. The molecule has 2 aromatic rings. The van der Waals surface area contributed by atoms with E-state index in [1.807, 2.05) is 0 Å². The number of carboxylic acids is 1. The third-order valence-electron chi connectivity index (χ3n) is 3.16. The molecule has 2 rings (SSSR count). The van der Waals surface area contributed by atoms with Gasteiger partial charge in [0.2, 0.25) is 10.0 Å². The molecule has 0 aliphatic carbocycles. The fourth-order valence-corrected chi connectivity index (χ4v) is 3.06. The van der Waals surface area contributed by atoms with E-state index in [4.69, 9.17) is 9.47 Å². The van der Waals surface area contributed by atoms with Crippen molar-refractivity contribution >= 4 is 16.0 Å². The molecule has 9 heteroatoms. The Morgan fingerprint density at radius 2 is 1.92 bits per heavy atom. The third kappa shape index (κ3) is 4.91. The summed E-state index contributed by atoms with van der Waals surface area (Å²) in [6.45, 7) is -0.164. The van der Waals surface area contributed by atoms with Crippen molar-refractivity contribution in [3.05, 3.63) is 53.8 Å². The number of hydrogen-bond donors (Lipinski definition) is 1. The lowest BCUT2D eigenvalue weighted by atomic mass is 10.2. The van der Waals surface area contributed by atoms with Gasteiger partial charge in [-0.3, -0.25) is 0 Å². The first-order valence-corrected chi connectivity index (χ1v) is 8.59. The summed E-state index contributed by atoms with van der Waals surface area (Å²) in [5.41, 5.74) is -0.436. The van der Waals surface area contributed by atoms with Crippen LogP contribution >= 0.6 is 0 Å². The van der Waals surface area contributed by atoms with Crippen molar-refractivity contribution in [3.8, 4) is 11.5 Å². The lowest BCUT2D eigenvalue weighted by Gasteiger charge is -2.11. The number of ether oxygens (including phenoxy) is 2. The van der Waals surface area contributed by atoms with Gasteiger partial charge in [0.25, 0.3) is 0 Å². The summed E-state index contributed by atoms with van der Waals surface area (Å²) < 4.78 is 50.4. The molecule has 0 aliphatic heterocycles. The van der Waals surface area contributed by atoms with Gasteiger partial charge >= 0.3 is 0 Å². The highest BCUT2D eigenvalue weighted by Crippen LogP contribution is 2.19. The fraction of sp³-hybridized carbons (Fsp3) is 0.188. The van der Waals surface area contributed by atoms with Gasteiger partial charge in [0, 0.05) is 12.6 Å². The highest BCUT2D eigenvalue weighted by Gasteiger charge is 2.19. The summed E-state index contributed by atoms with van der Waals surface area (Å²) in [6.07, 6.45) is 0. The molecule has 0 radical (unpaired) electrons. The van der Waals surface area contributed by atoms with Crippen molar-refractivity contribution in [1.29, 1.82) is 0 Å². The van der Waals surface area contributed by atoms with Crippen molar-refractivity contribution in [2.24, 2.45) is 0 Å². The quantitative estimate of drug-likeness (QED) is 0.683. The van der Waals surface area contributed by atoms with Crippen molar-refractivity contribution in [3.63, 3.8) is 0 Å². The second kappa shape index (κ2) is 7.95. The zero-order valence-electron chi connectivity index (χ0n) is 13.2. The summed E-state index contributed by atoms with van der Waals surface area (Å²) >= 11 is 0. The lowest BCUT2D eigenvalue weighted by molar-refractivity contribution is -0.255. The summed E-state index contributed by atoms with van der Waals surface area (Å²) in [7, 11) is -2.73. The maximum absolute atomic E-state index is 13.7. The topological polar surface area (TPSA) is 105 Å². The van der Waals surface area contributed by atoms with Gasteiger partial charge in [-0.2, -0.15) is 0 Å². The molecular weight excluding hydrogens is 353 g/mol. The average Bonchev–Trinajstić information content (AvgIpc) is 2.59. The summed E-state index contributed by atoms with van der Waals surface area (Å²) in [4.78, 5) is 10.0. The van der Waals surface area contributed by atoms with Gasteiger partial charge < -0.3 is 19.4 Å². The highest BCUT2D eigenvalue weighted by molar-refractivity contribution is 7.89. The molecule has 0 bridgehead atoms. The first kappa shape index (κ1) is 18.7. The Morgan fingerprint density at radius 3 is 2.60 bits per heavy atom. The van der Waals surface area contributed by atoms with E-state index in [2.05, 4.69) is 4.72 Å². The lowest BCUT2D eigenvalue weighted by Crippen LogP contribution is -2.29. The highest BCUT2D eigenvalue weighted by atomic mass is 32.2. The van der Waals surface area contributed by atoms with Gasteiger partial charge in [0.05, 0.1) is 13.1 Å². The van der Waals surface area contributed by atoms with Crippen LogP contribution in [0.2, 0.25) is 0 Å². The second-order valence-electron chi connectivity index (χ2n) is 4.86. The van der Waals surface area contributed by atoms with Crippen molar-refractivity contribution in [2.75, 3.05) is 20.3 Å². The first-order chi connectivity index (χ1) is 11.8. The number of aromatic carboxylic acids is 1. The van der Waals surface area contributed by atoms with Gasteiger partial charge in [-0.25, -0.2) is 17.5 Å². The van der Waals surface area contributed by atoms with E-state index in [1.54, 1.807) is 24.3 Å². The SMILES string of the molecule is COc1cccc(OCCNS(=O)(=O)c2cc(C(=O)[O-])ccc2F)c1. The van der Waals surface area contributed by atoms with Gasteiger partial charge in [-0.15, -0.1) is 0 Å². The molecule has 0 saturated carbocycles. The molecule has 0 heterocycles. The van der Waals surface area contributed by atoms with Crippen LogP contribution in [0.3, 0.4) is 0 Å². The minimum Gasteiger partial charge on any atom is -0.545 e. The number of methoxy groups -OCH3 is 1. The largest absolute Gasteiger partial charge is 0.545 e. The zero-order chi connectivity index (χ0) is 18.4. The van der Waals surface area contributed by atoms with E-state index >= 15 is 0 Å². The van der Waals surface area contributed by atoms with Crippen LogP contribution in [-0.2, 0) is 10.0 Å². The first-order valence-electron chi connectivity index (χ1n) is 7.11. The van der Waals surface area contributed by atoms with Crippen molar-refractivity contribution in [1.82, 2.24) is 4.72 Å². The predicted molar refractivity (Wildman–Crippen MR) is 84.4 cm³/mol. The van der Waals surface area contributed by atoms with Crippen LogP contribution in [0.1, 0.15) is 10.4 Å². The maximum Gasteiger partial charge on any atom is 0.243 e. The van der Waals surface area contributed by atoms with Crippen LogP contribution < -0.4 is 19.3 Å². The smallest absolute Gasteiger partial charge is 0.243 e. The molecule has 0 saturated heterocycles. The molecule has 0 aromatic heterocycles. The number of nitrogens with one attached hydrogen (secondary N) is 1. The van der Waals surface area contributed by atoms with E-state index in [0.29, 0.717) is 17.6 Å². The van der Waals surface area contributed by atoms with Crippen LogP contribution in [0.15, 0.2) is 47.4 Å². The number of sulfonamides is 1. The normalized spacial score (nSPS) is 11.1. The molecule has 0 aliphatic rings. The number of rotatable bonds is 8. The Labute approximate surface area is 144 Å². The Kier molecular flexibility index (Phi) is 5.94. The maximum atomic E-state index is 13.7. The van der Waals surface area contributed by atoms with Gasteiger partial charge in [0.15, 0.2) is 0 Å². The number of carboxylic acid groups (broad SMARTS) is 1. The fourth-order valence-electron chi connectivity index (χ4n) is 1.95. The van der Waals surface area contributed by atoms with Gasteiger partial charge in [0.1, 0.15) is 28.8 Å². The molecule has 1 N–H and O–H groups in total. The van der Waals surface area contributed by atoms with Crippen LogP contribution in [0, 0.1) is 5.82 Å². The summed E-state index contributed by atoms with van der Waals surface area (Å²) in [5.74, 6) is -1.60. The Hall–Kier alpha value is -2.65. The molecule has 0 spiro atoms. The van der Waals surface area contributed by atoms with Crippen LogP contribution in [-0.4, -0.2) is 34.6 Å². The van der Waals surface area contributed by atoms with Gasteiger partial charge in [-0.1, -0.05) is 12.1 Å². The Balaban J connectivity index is 2.00. The number of carbonyl (C=O) groups is 1. The molecule has 0 atom stereocenters. The monoisotopic (exact) mass is 368 g/mol. The van der Waals surface area contributed by atoms with E-state index in [-0.39, 0.29) is 13.2 Å². The molecular formula is C16H15FNO6S-. The van der Waals surface area contributed by atoms with Crippen LogP contribution in [0.4, 0.5) is 4.39 Å². The summed E-state index contributed by atoms with van der Waals surface area (Å²) in [6, 6.07) is 9.11. The molecule has 7 nitrogen and oxygen atoms in total. The van der Waals surface area contributed by atoms with Crippen molar-refractivity contribution in [2.45, 2.75) is 4.90 Å². The Bertz CT molecular complexity index is 869. The van der Waals surface area contributed by atoms with E-state index in [1.165, 1.54) is 7.11 Å². The average molecular weight is 368 g/mol. The molecule has 134 valence electrons. The summed E-state index contributed by atoms with van der Waals surface area (Å²) in [5, 5.41) is 10.8. The minimum absolute atomic E-state index is 0.0196. The van der Waals surface area contributed by atoms with Crippen LogP contribution in [0.5, 0.6) is 11.5 Å². The predicted octanol–water partition coefficient (Wildman–Crippen LogP) is 0.555. The second-order valence-corrected chi connectivity index (χ2v) is 6.59. The third-order valence-corrected chi connectivity index (χ3v) is 4.64. The molecule has 0 amide bonds. The van der Waals surface area contributed by atoms with Crippen molar-refractivity contribution < 1.29 is 32.2 Å². The van der Waals surface area contributed by atoms with E-state index in [0.717, 1.165) is 12.1 Å². The Morgan fingerprint density at radius 1 is 1.20 bits per heavy atom. The number of hydrogen-bond acceptors (Lipinski definition) is 6. The van der Waals surface area contributed by atoms with Crippen LogP contribution in [0.25, 0.3) is 0 Å².